The molecule has 0 unspecified atom stereocenters. The van der Waals surface area contributed by atoms with E-state index < -0.39 is 11.9 Å². The molecule has 0 aromatic carbocycles. The van der Waals surface area contributed by atoms with Gasteiger partial charge in [-0.15, -0.1) is 0 Å². The number of unbranched alkanes of at least 4 members (excludes halogenated alkanes) is 26. The maximum absolute atomic E-state index is 10.4. The second kappa shape index (κ2) is 41.4. The van der Waals surface area contributed by atoms with Crippen LogP contribution < -0.4 is 0 Å². The standard InChI is InChI=1S/2C20H38O2/c2*1-2-3-4-5-6-7-8-9-10-11-12-13-14-15-16-17-18-19-20(21)22/h2*11-12H,2-10,13-19H2,1H3,(H,21,22)/b12-11-;. The second-order valence-corrected chi connectivity index (χ2v) is 12.9. The molecule has 0 atom stereocenters. The van der Waals surface area contributed by atoms with Crippen molar-refractivity contribution in [1.82, 2.24) is 0 Å². The molecule has 44 heavy (non-hydrogen) atoms. The van der Waals surface area contributed by atoms with Gasteiger partial charge >= 0.3 is 11.9 Å². The molecule has 0 fully saturated rings. The Labute approximate surface area is 275 Å². The second-order valence-electron chi connectivity index (χ2n) is 12.9. The Hall–Kier alpha value is -1.58. The Morgan fingerprint density at radius 3 is 0.773 bits per heavy atom. The normalized spacial score (nSPS) is 11.3. The van der Waals surface area contributed by atoms with Gasteiger partial charge in [-0.3, -0.25) is 9.59 Å². The molecule has 0 aliphatic carbocycles. The van der Waals surface area contributed by atoms with Crippen LogP contribution >= 0.6 is 0 Å². The minimum absolute atomic E-state index is 0.332. The number of hydrogen-bond acceptors (Lipinski definition) is 2. The van der Waals surface area contributed by atoms with Crippen molar-refractivity contribution < 1.29 is 19.8 Å². The first-order valence-electron chi connectivity index (χ1n) is 19.3. The maximum Gasteiger partial charge on any atom is 0.303 e. The van der Waals surface area contributed by atoms with Gasteiger partial charge in [0.05, 0.1) is 0 Å². The minimum atomic E-state index is -0.663. The van der Waals surface area contributed by atoms with E-state index >= 15 is 0 Å². The third-order valence-corrected chi connectivity index (χ3v) is 8.30. The summed E-state index contributed by atoms with van der Waals surface area (Å²) in [5, 5.41) is 17.1. The summed E-state index contributed by atoms with van der Waals surface area (Å²) >= 11 is 0. The zero-order valence-corrected chi connectivity index (χ0v) is 29.6. The molecule has 0 rings (SSSR count). The van der Waals surface area contributed by atoms with E-state index in [0.717, 1.165) is 25.7 Å². The molecule has 0 spiro atoms. The van der Waals surface area contributed by atoms with Gasteiger partial charge in [-0.1, -0.05) is 167 Å². The first kappa shape index (κ1) is 44.5. The Morgan fingerprint density at radius 1 is 0.341 bits per heavy atom. The zero-order valence-electron chi connectivity index (χ0n) is 29.6. The molecule has 260 valence electrons. The van der Waals surface area contributed by atoms with Gasteiger partial charge in [0.25, 0.3) is 0 Å². The lowest BCUT2D eigenvalue weighted by Crippen LogP contribution is -1.93. The average molecular weight is 621 g/mol. The van der Waals surface area contributed by atoms with E-state index in [0.29, 0.717) is 12.8 Å². The molecular formula is C40H76O4. The molecular weight excluding hydrogens is 544 g/mol. The number of aliphatic carboxylic acids is 2. The first-order chi connectivity index (χ1) is 21.5. The van der Waals surface area contributed by atoms with Crippen molar-refractivity contribution in [2.45, 2.75) is 219 Å². The van der Waals surface area contributed by atoms with Crippen molar-refractivity contribution in [3.63, 3.8) is 0 Å². The van der Waals surface area contributed by atoms with Gasteiger partial charge in [0.2, 0.25) is 0 Å². The summed E-state index contributed by atoms with van der Waals surface area (Å²) in [6.45, 7) is 4.54. The molecule has 4 nitrogen and oxygen atoms in total. The molecule has 0 amide bonds. The van der Waals surface area contributed by atoms with Crippen LogP contribution in [0.5, 0.6) is 0 Å². The van der Waals surface area contributed by atoms with E-state index in [1.807, 2.05) is 0 Å². The Bertz CT molecular complexity index is 571. The SMILES string of the molecule is CCCCCCCCCC/C=C\CCCCCCCC(=O)O.CCCCCCCCCCC=CCCCCCCCC(=O)O. The van der Waals surface area contributed by atoms with Crippen molar-refractivity contribution in [2.75, 3.05) is 0 Å². The molecule has 0 saturated carbocycles. The van der Waals surface area contributed by atoms with Crippen molar-refractivity contribution >= 4 is 11.9 Å². The van der Waals surface area contributed by atoms with Crippen LogP contribution in [0.25, 0.3) is 0 Å². The van der Waals surface area contributed by atoms with Gasteiger partial charge in [0, 0.05) is 12.8 Å². The highest BCUT2D eigenvalue weighted by molar-refractivity contribution is 5.66. The summed E-state index contributed by atoms with van der Waals surface area (Å²) in [7, 11) is 0. The molecule has 2 N–H and O–H groups in total. The molecule has 0 aliphatic heterocycles. The number of carboxylic acids is 2. The summed E-state index contributed by atoms with van der Waals surface area (Å²) < 4.78 is 0. The number of rotatable bonds is 34. The third kappa shape index (κ3) is 47.4. The minimum Gasteiger partial charge on any atom is -0.481 e. The van der Waals surface area contributed by atoms with Crippen molar-refractivity contribution in [3.8, 4) is 0 Å². The molecule has 0 aromatic rings. The van der Waals surface area contributed by atoms with Crippen LogP contribution in [0.4, 0.5) is 0 Å². The van der Waals surface area contributed by atoms with E-state index in [1.54, 1.807) is 0 Å². The maximum atomic E-state index is 10.4. The van der Waals surface area contributed by atoms with E-state index in [9.17, 15) is 9.59 Å². The van der Waals surface area contributed by atoms with Crippen LogP contribution in [0.1, 0.15) is 219 Å². The smallest absolute Gasteiger partial charge is 0.303 e. The topological polar surface area (TPSA) is 74.6 Å². The molecule has 4 heteroatoms. The summed E-state index contributed by atoms with van der Waals surface area (Å²) in [6.07, 6.45) is 48.4. The van der Waals surface area contributed by atoms with Gasteiger partial charge in [-0.25, -0.2) is 0 Å². The van der Waals surface area contributed by atoms with Crippen molar-refractivity contribution in [3.05, 3.63) is 24.3 Å². The molecule has 0 aliphatic rings. The molecule has 0 bridgehead atoms. The van der Waals surface area contributed by atoms with Crippen LogP contribution in [0, 0.1) is 0 Å². The molecule has 0 saturated heterocycles. The van der Waals surface area contributed by atoms with Crippen molar-refractivity contribution in [1.29, 1.82) is 0 Å². The Morgan fingerprint density at radius 2 is 0.545 bits per heavy atom. The van der Waals surface area contributed by atoms with Crippen LogP contribution in [0.2, 0.25) is 0 Å². The van der Waals surface area contributed by atoms with E-state index in [1.165, 1.54) is 167 Å². The fraction of sp³-hybridized carbons (Fsp3) is 0.850. The lowest BCUT2D eigenvalue weighted by molar-refractivity contribution is -0.138. The fourth-order valence-corrected chi connectivity index (χ4v) is 5.40. The molecule has 0 aromatic heterocycles. The third-order valence-electron chi connectivity index (χ3n) is 8.30. The van der Waals surface area contributed by atoms with Crippen molar-refractivity contribution in [2.24, 2.45) is 0 Å². The van der Waals surface area contributed by atoms with Gasteiger partial charge in [0.1, 0.15) is 0 Å². The van der Waals surface area contributed by atoms with Crippen LogP contribution in [-0.4, -0.2) is 22.2 Å². The predicted octanol–water partition coefficient (Wildman–Crippen LogP) is 13.8. The highest BCUT2D eigenvalue weighted by Crippen LogP contribution is 2.12. The van der Waals surface area contributed by atoms with Crippen LogP contribution in [0.15, 0.2) is 24.3 Å². The summed E-state index contributed by atoms with van der Waals surface area (Å²) in [5.74, 6) is -1.33. The lowest BCUT2D eigenvalue weighted by atomic mass is 10.1. The van der Waals surface area contributed by atoms with E-state index in [-0.39, 0.29) is 0 Å². The summed E-state index contributed by atoms with van der Waals surface area (Å²) in [4.78, 5) is 20.7. The van der Waals surface area contributed by atoms with Gasteiger partial charge in [0.15, 0.2) is 0 Å². The van der Waals surface area contributed by atoms with Gasteiger partial charge in [-0.2, -0.15) is 0 Å². The van der Waals surface area contributed by atoms with E-state index in [4.69, 9.17) is 10.2 Å². The fourth-order valence-electron chi connectivity index (χ4n) is 5.40. The lowest BCUT2D eigenvalue weighted by Gasteiger charge is -2.00. The van der Waals surface area contributed by atoms with Crippen LogP contribution in [0.3, 0.4) is 0 Å². The highest BCUT2D eigenvalue weighted by Gasteiger charge is 1.97. The quantitative estimate of drug-likeness (QED) is 0.0554. The summed E-state index contributed by atoms with van der Waals surface area (Å²) in [6, 6.07) is 0. The predicted molar refractivity (Wildman–Crippen MR) is 193 cm³/mol. The first-order valence-corrected chi connectivity index (χ1v) is 19.3. The largest absolute Gasteiger partial charge is 0.481 e. The highest BCUT2D eigenvalue weighted by atomic mass is 16.4. The number of carboxylic acid groups (broad SMARTS) is 2. The van der Waals surface area contributed by atoms with E-state index in [2.05, 4.69) is 38.2 Å². The number of allylic oxidation sites excluding steroid dienone is 4. The van der Waals surface area contributed by atoms with Gasteiger partial charge < -0.3 is 10.2 Å². The number of hydrogen-bond donors (Lipinski definition) is 2. The molecule has 0 heterocycles. The Balaban J connectivity index is 0. The zero-order chi connectivity index (χ0) is 32.6. The molecule has 0 radical (unpaired) electrons. The number of carbonyl (C=O) groups is 2. The monoisotopic (exact) mass is 621 g/mol. The summed E-state index contributed by atoms with van der Waals surface area (Å²) in [5.41, 5.74) is 0. The van der Waals surface area contributed by atoms with Crippen LogP contribution in [-0.2, 0) is 9.59 Å². The Kier molecular flexibility index (Phi) is 41.9. The van der Waals surface area contributed by atoms with Gasteiger partial charge in [-0.05, 0) is 64.2 Å². The average Bonchev–Trinajstić information content (AvgIpc) is 3.00.